The Balaban J connectivity index is 3.10. The highest BCUT2D eigenvalue weighted by Gasteiger charge is 2.18. The monoisotopic (exact) mass is 267 g/mol. The molecule has 0 spiro atoms. The van der Waals surface area contributed by atoms with Gasteiger partial charge in [-0.1, -0.05) is 6.07 Å². The predicted molar refractivity (Wildman–Crippen MR) is 76.6 cm³/mol. The zero-order chi connectivity index (χ0) is 14.6. The lowest BCUT2D eigenvalue weighted by Crippen LogP contribution is -2.37. The van der Waals surface area contributed by atoms with Gasteiger partial charge in [-0.05, 0) is 44.5 Å². The van der Waals surface area contributed by atoms with Crippen molar-refractivity contribution in [1.82, 2.24) is 4.90 Å². The fourth-order valence-corrected chi connectivity index (χ4v) is 2.29. The maximum atomic E-state index is 9.24. The summed E-state index contributed by atoms with van der Waals surface area (Å²) in [5.41, 5.74) is 4.63. The van der Waals surface area contributed by atoms with Gasteiger partial charge >= 0.3 is 0 Å². The minimum absolute atomic E-state index is 0.0563. The number of likely N-dealkylation sites (N-methyl/N-ethyl adjacent to an activating group) is 1. The lowest BCUT2D eigenvalue weighted by atomic mass is 9.98. The maximum absolute atomic E-state index is 9.24. The van der Waals surface area contributed by atoms with Crippen LogP contribution in [0.2, 0.25) is 0 Å². The van der Waals surface area contributed by atoms with Gasteiger partial charge in [-0.2, -0.15) is 0 Å². The molecule has 1 rings (SSSR count). The number of ether oxygens (including phenoxy) is 1. The van der Waals surface area contributed by atoms with E-state index in [0.717, 1.165) is 16.9 Å². The van der Waals surface area contributed by atoms with Crippen LogP contribution >= 0.6 is 0 Å². The number of benzene rings is 1. The Morgan fingerprint density at radius 3 is 2.21 bits per heavy atom. The molecule has 2 N–H and O–H groups in total. The molecule has 108 valence electrons. The summed E-state index contributed by atoms with van der Waals surface area (Å²) in [6.45, 7) is 6.71. The molecule has 0 aliphatic carbocycles. The van der Waals surface area contributed by atoms with Crippen molar-refractivity contribution in [2.75, 3.05) is 27.4 Å². The molecule has 0 aliphatic rings. The number of hydrogen-bond acceptors (Lipinski definition) is 4. The zero-order valence-electron chi connectivity index (χ0n) is 12.5. The van der Waals surface area contributed by atoms with Gasteiger partial charge in [0.25, 0.3) is 0 Å². The molecule has 1 aromatic rings. The normalized spacial score (nSPS) is 11.4. The zero-order valence-corrected chi connectivity index (χ0v) is 12.5. The first-order valence-corrected chi connectivity index (χ1v) is 6.51. The predicted octanol–water partition coefficient (Wildman–Crippen LogP) is 1.41. The van der Waals surface area contributed by atoms with E-state index < -0.39 is 0 Å². The highest BCUT2D eigenvalue weighted by atomic mass is 16.5. The van der Waals surface area contributed by atoms with Crippen molar-refractivity contribution in [3.8, 4) is 5.75 Å². The van der Waals surface area contributed by atoms with Crippen molar-refractivity contribution in [2.45, 2.75) is 33.4 Å². The van der Waals surface area contributed by atoms with E-state index in [4.69, 9.17) is 4.74 Å². The first-order valence-electron chi connectivity index (χ1n) is 6.51. The molecule has 0 fully saturated rings. The van der Waals surface area contributed by atoms with Crippen LogP contribution < -0.4 is 4.74 Å². The Bertz CT molecular complexity index is 428. The Morgan fingerprint density at radius 1 is 1.16 bits per heavy atom. The molecule has 0 atom stereocenters. The van der Waals surface area contributed by atoms with Crippen LogP contribution in [0.4, 0.5) is 0 Å². The summed E-state index contributed by atoms with van der Waals surface area (Å²) in [5.74, 6) is 0.902. The van der Waals surface area contributed by atoms with E-state index in [0.29, 0.717) is 6.54 Å². The van der Waals surface area contributed by atoms with E-state index in [1.807, 2.05) is 18.9 Å². The minimum atomic E-state index is -0.245. The third-order valence-corrected chi connectivity index (χ3v) is 3.77. The highest BCUT2D eigenvalue weighted by Crippen LogP contribution is 2.30. The minimum Gasteiger partial charge on any atom is -0.496 e. The Labute approximate surface area is 115 Å². The molecule has 0 aliphatic heterocycles. The van der Waals surface area contributed by atoms with E-state index in [9.17, 15) is 10.2 Å². The first-order chi connectivity index (χ1) is 8.96. The lowest BCUT2D eigenvalue weighted by Gasteiger charge is -2.27. The quantitative estimate of drug-likeness (QED) is 0.818. The van der Waals surface area contributed by atoms with Crippen LogP contribution in [0.15, 0.2) is 6.07 Å². The van der Waals surface area contributed by atoms with Crippen LogP contribution in [0, 0.1) is 20.8 Å². The fourth-order valence-electron chi connectivity index (χ4n) is 2.29. The summed E-state index contributed by atoms with van der Waals surface area (Å²) in [5, 5.41) is 18.5. The van der Waals surface area contributed by atoms with Crippen LogP contribution in [-0.4, -0.2) is 48.5 Å². The molecule has 0 radical (unpaired) electrons. The summed E-state index contributed by atoms with van der Waals surface area (Å²) in [6.07, 6.45) is 0. The van der Waals surface area contributed by atoms with E-state index in [2.05, 4.69) is 19.9 Å². The molecule has 0 saturated carbocycles. The summed E-state index contributed by atoms with van der Waals surface area (Å²) in [6, 6.07) is 1.90. The van der Waals surface area contributed by atoms with Gasteiger partial charge in [-0.3, -0.25) is 4.90 Å². The van der Waals surface area contributed by atoms with Crippen LogP contribution in [0.3, 0.4) is 0 Å². The van der Waals surface area contributed by atoms with Gasteiger partial charge in [0.2, 0.25) is 0 Å². The Morgan fingerprint density at radius 2 is 1.74 bits per heavy atom. The van der Waals surface area contributed by atoms with Crippen LogP contribution in [-0.2, 0) is 6.54 Å². The summed E-state index contributed by atoms with van der Waals surface area (Å²) >= 11 is 0. The number of nitrogens with zero attached hydrogens (tertiary/aromatic N) is 1. The lowest BCUT2D eigenvalue weighted by molar-refractivity contribution is 0.0867. The third kappa shape index (κ3) is 3.47. The number of aryl methyl sites for hydroxylation is 2. The molecular formula is C15H25NO3. The van der Waals surface area contributed by atoms with Crippen molar-refractivity contribution >= 4 is 0 Å². The molecule has 1 aromatic carbocycles. The van der Waals surface area contributed by atoms with Crippen molar-refractivity contribution in [1.29, 1.82) is 0 Å². The molecule has 0 aromatic heterocycles. The molecule has 4 heteroatoms. The van der Waals surface area contributed by atoms with E-state index in [1.165, 1.54) is 11.1 Å². The van der Waals surface area contributed by atoms with Crippen LogP contribution in [0.5, 0.6) is 5.75 Å². The molecule has 4 nitrogen and oxygen atoms in total. The number of methoxy groups -OCH3 is 1. The SMILES string of the molecule is COc1c(C)c(C)cc(C)c1CN(C)C(CO)CO. The van der Waals surface area contributed by atoms with E-state index in [-0.39, 0.29) is 19.3 Å². The molecule has 0 saturated heterocycles. The van der Waals surface area contributed by atoms with Gasteiger partial charge in [0, 0.05) is 12.1 Å². The van der Waals surface area contributed by atoms with Gasteiger partial charge in [-0.25, -0.2) is 0 Å². The maximum Gasteiger partial charge on any atom is 0.126 e. The second-order valence-corrected chi connectivity index (χ2v) is 5.08. The van der Waals surface area contributed by atoms with Gasteiger partial charge < -0.3 is 14.9 Å². The Kier molecular flexibility index (Phi) is 5.79. The highest BCUT2D eigenvalue weighted by molar-refractivity contribution is 5.49. The Hall–Kier alpha value is -1.10. The summed E-state index contributed by atoms with van der Waals surface area (Å²) in [4.78, 5) is 1.94. The van der Waals surface area contributed by atoms with Crippen molar-refractivity contribution in [3.63, 3.8) is 0 Å². The molecule has 19 heavy (non-hydrogen) atoms. The second-order valence-electron chi connectivity index (χ2n) is 5.08. The van der Waals surface area contributed by atoms with Gasteiger partial charge in [0.05, 0.1) is 26.4 Å². The number of hydrogen-bond donors (Lipinski definition) is 2. The number of rotatable bonds is 6. The topological polar surface area (TPSA) is 52.9 Å². The van der Waals surface area contributed by atoms with Gasteiger partial charge in [0.15, 0.2) is 0 Å². The van der Waals surface area contributed by atoms with Gasteiger partial charge in [0.1, 0.15) is 5.75 Å². The second kappa shape index (κ2) is 6.89. The largest absolute Gasteiger partial charge is 0.496 e. The van der Waals surface area contributed by atoms with Crippen LogP contribution in [0.25, 0.3) is 0 Å². The third-order valence-electron chi connectivity index (χ3n) is 3.77. The molecule has 0 unspecified atom stereocenters. The van der Waals surface area contributed by atoms with E-state index in [1.54, 1.807) is 7.11 Å². The number of aliphatic hydroxyl groups is 2. The van der Waals surface area contributed by atoms with Crippen LogP contribution in [0.1, 0.15) is 22.3 Å². The fraction of sp³-hybridized carbons (Fsp3) is 0.600. The van der Waals surface area contributed by atoms with Crippen molar-refractivity contribution in [2.24, 2.45) is 0 Å². The molecule has 0 heterocycles. The number of aliphatic hydroxyl groups excluding tert-OH is 2. The van der Waals surface area contributed by atoms with Crippen molar-refractivity contribution in [3.05, 3.63) is 28.3 Å². The summed E-state index contributed by atoms with van der Waals surface area (Å²) in [7, 11) is 3.57. The van der Waals surface area contributed by atoms with Crippen molar-refractivity contribution < 1.29 is 14.9 Å². The molecule has 0 bridgehead atoms. The average Bonchev–Trinajstić information content (AvgIpc) is 2.37. The standard InChI is InChI=1S/C15H25NO3/c1-10-6-11(2)14(15(19-5)12(10)3)7-16(4)13(8-17)9-18/h6,13,17-18H,7-9H2,1-5H3. The smallest absolute Gasteiger partial charge is 0.126 e. The molecule has 0 amide bonds. The average molecular weight is 267 g/mol. The molecular weight excluding hydrogens is 242 g/mol. The summed E-state index contributed by atoms with van der Waals surface area (Å²) < 4.78 is 5.53. The van der Waals surface area contributed by atoms with E-state index >= 15 is 0 Å². The van der Waals surface area contributed by atoms with Gasteiger partial charge in [-0.15, -0.1) is 0 Å². The first kappa shape index (κ1) is 16.0.